The van der Waals surface area contributed by atoms with Crippen LogP contribution in [0.1, 0.15) is 50.1 Å². The van der Waals surface area contributed by atoms with E-state index in [0.29, 0.717) is 18.3 Å². The lowest BCUT2D eigenvalue weighted by atomic mass is 10.1. The summed E-state index contributed by atoms with van der Waals surface area (Å²) in [5.74, 6) is -3.79. The maximum absolute atomic E-state index is 12.8. The van der Waals surface area contributed by atoms with Crippen molar-refractivity contribution in [1.82, 2.24) is 25.7 Å². The van der Waals surface area contributed by atoms with Crippen molar-refractivity contribution >= 4 is 34.7 Å². The molecule has 1 aliphatic heterocycles. The van der Waals surface area contributed by atoms with Crippen LogP contribution in [0.15, 0.2) is 24.3 Å². The maximum Gasteiger partial charge on any atom is 0.414 e. The van der Waals surface area contributed by atoms with Gasteiger partial charge in [0.2, 0.25) is 5.91 Å². The Hall–Kier alpha value is -3.47. The van der Waals surface area contributed by atoms with E-state index in [1.54, 1.807) is 0 Å². The highest BCUT2D eigenvalue weighted by Gasteiger charge is 2.27. The molecule has 174 valence electrons. The molecule has 2 heterocycles. The number of nitrogens with zero attached hydrogens (tertiary/aromatic N) is 2. The molecule has 0 unspecified atom stereocenters. The summed E-state index contributed by atoms with van der Waals surface area (Å²) in [6.45, 7) is 7.02. The number of nitrogens with one attached hydrogen (secondary N) is 3. The Morgan fingerprint density at radius 1 is 1.19 bits per heavy atom. The molecule has 0 aliphatic carbocycles. The molecule has 1 aromatic carbocycles. The van der Waals surface area contributed by atoms with Crippen molar-refractivity contribution in [3.63, 3.8) is 0 Å². The van der Waals surface area contributed by atoms with E-state index in [0.717, 1.165) is 30.3 Å². The SMILES string of the molecule is CC(=O)NCC[C@@H]1C[C@H](NC(=O)c2nn(C(C)C)c3ccccc23)CN1.O=C(O)C(=O)O. The van der Waals surface area contributed by atoms with Crippen molar-refractivity contribution in [1.29, 1.82) is 0 Å². The Balaban J connectivity index is 0.000000534. The molecule has 3 rings (SSSR count). The Bertz CT molecular complexity index is 974. The van der Waals surface area contributed by atoms with Crippen LogP contribution < -0.4 is 16.0 Å². The third-order valence-corrected chi connectivity index (χ3v) is 4.92. The monoisotopic (exact) mass is 447 g/mol. The van der Waals surface area contributed by atoms with Crippen LogP contribution in [0.25, 0.3) is 10.9 Å². The largest absolute Gasteiger partial charge is 0.473 e. The van der Waals surface area contributed by atoms with Gasteiger partial charge in [0.15, 0.2) is 5.69 Å². The summed E-state index contributed by atoms with van der Waals surface area (Å²) in [6, 6.07) is 8.40. The summed E-state index contributed by atoms with van der Waals surface area (Å²) in [5.41, 5.74) is 1.46. The van der Waals surface area contributed by atoms with Crippen LogP contribution >= 0.6 is 0 Å². The van der Waals surface area contributed by atoms with Crippen LogP contribution in [0.4, 0.5) is 0 Å². The number of hydrogen-bond acceptors (Lipinski definition) is 6. The molecule has 1 fully saturated rings. The fourth-order valence-corrected chi connectivity index (χ4v) is 3.48. The normalized spacial score (nSPS) is 17.5. The molecule has 2 aromatic rings. The molecule has 1 saturated heterocycles. The summed E-state index contributed by atoms with van der Waals surface area (Å²) in [4.78, 5) is 41.9. The number of rotatable bonds is 6. The molecule has 1 aromatic heterocycles. The quantitative estimate of drug-likeness (QED) is 0.405. The van der Waals surface area contributed by atoms with Gasteiger partial charge in [-0.05, 0) is 32.8 Å². The maximum atomic E-state index is 12.8. The first kappa shape index (κ1) is 24.8. The molecule has 11 nitrogen and oxygen atoms in total. The number of para-hydroxylation sites is 1. The van der Waals surface area contributed by atoms with E-state index in [1.165, 1.54) is 6.92 Å². The number of carboxylic acid groups (broad SMARTS) is 2. The average Bonchev–Trinajstić information content (AvgIpc) is 3.32. The van der Waals surface area contributed by atoms with E-state index in [9.17, 15) is 9.59 Å². The van der Waals surface area contributed by atoms with Crippen LogP contribution in [0, 0.1) is 0 Å². The van der Waals surface area contributed by atoms with Gasteiger partial charge in [-0.1, -0.05) is 18.2 Å². The zero-order valence-electron chi connectivity index (χ0n) is 18.3. The average molecular weight is 447 g/mol. The van der Waals surface area contributed by atoms with Gasteiger partial charge in [0.1, 0.15) is 0 Å². The van der Waals surface area contributed by atoms with Gasteiger partial charge in [-0.3, -0.25) is 14.3 Å². The van der Waals surface area contributed by atoms with E-state index in [-0.39, 0.29) is 23.9 Å². The fourth-order valence-electron chi connectivity index (χ4n) is 3.48. The Labute approximate surface area is 185 Å². The second kappa shape index (κ2) is 11.2. The second-order valence-electron chi connectivity index (χ2n) is 7.80. The van der Waals surface area contributed by atoms with Gasteiger partial charge in [-0.2, -0.15) is 5.10 Å². The molecular weight excluding hydrogens is 418 g/mol. The lowest BCUT2D eigenvalue weighted by Gasteiger charge is -2.12. The van der Waals surface area contributed by atoms with E-state index in [2.05, 4.69) is 34.9 Å². The third-order valence-electron chi connectivity index (χ3n) is 4.92. The minimum atomic E-state index is -1.82. The van der Waals surface area contributed by atoms with Gasteiger partial charge in [0.05, 0.1) is 5.52 Å². The number of fused-ring (bicyclic) bond motifs is 1. The first-order valence-electron chi connectivity index (χ1n) is 10.3. The van der Waals surface area contributed by atoms with Crippen molar-refractivity contribution in [3.05, 3.63) is 30.0 Å². The first-order valence-corrected chi connectivity index (χ1v) is 10.3. The number of carboxylic acids is 2. The Kier molecular flexibility index (Phi) is 8.71. The molecule has 2 amide bonds. The molecule has 0 radical (unpaired) electrons. The highest BCUT2D eigenvalue weighted by Crippen LogP contribution is 2.22. The van der Waals surface area contributed by atoms with E-state index in [4.69, 9.17) is 19.8 Å². The lowest BCUT2D eigenvalue weighted by molar-refractivity contribution is -0.159. The molecule has 32 heavy (non-hydrogen) atoms. The van der Waals surface area contributed by atoms with Crippen molar-refractivity contribution in [3.8, 4) is 0 Å². The molecular formula is C21H29N5O6. The van der Waals surface area contributed by atoms with Gasteiger partial charge < -0.3 is 26.2 Å². The lowest BCUT2D eigenvalue weighted by Crippen LogP contribution is -2.36. The number of hydrogen-bond donors (Lipinski definition) is 5. The number of carbonyl (C=O) groups excluding carboxylic acids is 2. The van der Waals surface area contributed by atoms with Gasteiger partial charge in [0, 0.05) is 43.5 Å². The molecule has 11 heteroatoms. The smallest absolute Gasteiger partial charge is 0.414 e. The highest BCUT2D eigenvalue weighted by atomic mass is 16.4. The highest BCUT2D eigenvalue weighted by molar-refractivity contribution is 6.27. The van der Waals surface area contributed by atoms with E-state index < -0.39 is 11.9 Å². The summed E-state index contributed by atoms with van der Waals surface area (Å²) >= 11 is 0. The van der Waals surface area contributed by atoms with Gasteiger partial charge in [-0.15, -0.1) is 0 Å². The van der Waals surface area contributed by atoms with Crippen molar-refractivity contribution < 1.29 is 29.4 Å². The minimum absolute atomic E-state index is 0.0135. The standard InChI is InChI=1S/C19H27N5O2.C2H2O4/c1-12(2)24-17-7-5-4-6-16(17)18(23-24)19(26)22-15-10-14(21-11-15)8-9-20-13(3)25;3-1(4)2(5)6/h4-7,12,14-15,21H,8-11H2,1-3H3,(H,20,25)(H,22,26);(H,3,4)(H,5,6)/t14-,15+;/m1./s1. The van der Waals surface area contributed by atoms with Crippen molar-refractivity contribution in [2.75, 3.05) is 13.1 Å². The first-order chi connectivity index (χ1) is 15.1. The predicted octanol–water partition coefficient (Wildman–Crippen LogP) is 0.759. The Morgan fingerprint density at radius 2 is 1.84 bits per heavy atom. The van der Waals surface area contributed by atoms with E-state index in [1.807, 2.05) is 28.9 Å². The van der Waals surface area contributed by atoms with Gasteiger partial charge in [0.25, 0.3) is 5.91 Å². The van der Waals surface area contributed by atoms with Crippen LogP contribution in [0.2, 0.25) is 0 Å². The zero-order chi connectivity index (χ0) is 23.8. The number of aliphatic carboxylic acids is 2. The molecule has 1 aliphatic rings. The molecule has 0 bridgehead atoms. The molecule has 0 saturated carbocycles. The van der Waals surface area contributed by atoms with Crippen molar-refractivity contribution in [2.24, 2.45) is 0 Å². The predicted molar refractivity (Wildman–Crippen MR) is 116 cm³/mol. The van der Waals surface area contributed by atoms with Crippen LogP contribution in [-0.4, -0.2) is 68.9 Å². The van der Waals surface area contributed by atoms with Crippen LogP contribution in [-0.2, 0) is 14.4 Å². The number of amides is 2. The number of carbonyl (C=O) groups is 4. The van der Waals surface area contributed by atoms with Crippen molar-refractivity contribution in [2.45, 2.75) is 51.7 Å². The van der Waals surface area contributed by atoms with E-state index >= 15 is 0 Å². The summed E-state index contributed by atoms with van der Waals surface area (Å²) < 4.78 is 1.90. The molecule has 5 N–H and O–H groups in total. The Morgan fingerprint density at radius 3 is 2.44 bits per heavy atom. The number of aromatic nitrogens is 2. The minimum Gasteiger partial charge on any atom is -0.473 e. The zero-order valence-corrected chi connectivity index (χ0v) is 18.3. The van der Waals surface area contributed by atoms with Crippen LogP contribution in [0.5, 0.6) is 0 Å². The van der Waals surface area contributed by atoms with Gasteiger partial charge in [-0.25, -0.2) is 9.59 Å². The topological polar surface area (TPSA) is 163 Å². The van der Waals surface area contributed by atoms with Gasteiger partial charge >= 0.3 is 11.9 Å². The van der Waals surface area contributed by atoms with Crippen LogP contribution in [0.3, 0.4) is 0 Å². The fraction of sp³-hybridized carbons (Fsp3) is 0.476. The summed E-state index contributed by atoms with van der Waals surface area (Å²) in [5, 5.41) is 29.5. The molecule has 2 atom stereocenters. The molecule has 0 spiro atoms. The number of benzene rings is 1. The third kappa shape index (κ3) is 6.77. The summed E-state index contributed by atoms with van der Waals surface area (Å²) in [6.07, 6.45) is 1.71. The second-order valence-corrected chi connectivity index (χ2v) is 7.80. The summed E-state index contributed by atoms with van der Waals surface area (Å²) in [7, 11) is 0.